The van der Waals surface area contributed by atoms with Crippen LogP contribution >= 0.6 is 11.3 Å². The fraction of sp³-hybridized carbons (Fsp3) is 0.0909. The van der Waals surface area contributed by atoms with E-state index >= 15 is 0 Å². The first-order chi connectivity index (χ1) is 14.7. The summed E-state index contributed by atoms with van der Waals surface area (Å²) in [4.78, 5) is 28.5. The van der Waals surface area contributed by atoms with Crippen molar-refractivity contribution in [3.8, 4) is 10.8 Å². The van der Waals surface area contributed by atoms with Gasteiger partial charge in [0.05, 0.1) is 4.88 Å². The molecule has 3 heterocycles. The fourth-order valence-corrected chi connectivity index (χ4v) is 4.25. The highest BCUT2D eigenvalue weighted by atomic mass is 32.1. The standard InChI is InChI=1S/C22H16N4O3S/c27-20-22(15-8-3-1-4-9-15,16-10-5-2-6-11-16)23-21(28)26(20)14-18-24-25-19(29-18)17-12-7-13-30-17/h1-13H,14H2,(H,23,28). The third-order valence-electron chi connectivity index (χ3n) is 5.01. The molecule has 2 aromatic heterocycles. The molecule has 4 aromatic rings. The van der Waals surface area contributed by atoms with Gasteiger partial charge in [-0.2, -0.15) is 0 Å². The molecule has 7 nitrogen and oxygen atoms in total. The quantitative estimate of drug-likeness (QED) is 0.500. The molecular weight excluding hydrogens is 400 g/mol. The van der Waals surface area contributed by atoms with E-state index in [9.17, 15) is 9.59 Å². The fourth-order valence-electron chi connectivity index (χ4n) is 3.61. The van der Waals surface area contributed by atoms with Gasteiger partial charge in [0.1, 0.15) is 6.54 Å². The molecule has 1 aliphatic rings. The van der Waals surface area contributed by atoms with E-state index in [1.54, 1.807) is 0 Å². The predicted molar refractivity (Wildman–Crippen MR) is 110 cm³/mol. The van der Waals surface area contributed by atoms with Crippen LogP contribution in [0.1, 0.15) is 17.0 Å². The minimum atomic E-state index is -1.31. The maximum absolute atomic E-state index is 13.6. The first-order valence-electron chi connectivity index (χ1n) is 9.30. The van der Waals surface area contributed by atoms with Crippen molar-refractivity contribution in [1.82, 2.24) is 20.4 Å². The van der Waals surface area contributed by atoms with Crippen molar-refractivity contribution in [3.63, 3.8) is 0 Å². The monoisotopic (exact) mass is 416 g/mol. The van der Waals surface area contributed by atoms with Crippen LogP contribution in [0.3, 0.4) is 0 Å². The lowest BCUT2D eigenvalue weighted by atomic mass is 9.82. The van der Waals surface area contributed by atoms with Crippen molar-refractivity contribution < 1.29 is 14.0 Å². The minimum absolute atomic E-state index is 0.107. The second-order valence-corrected chi connectivity index (χ2v) is 7.73. The van der Waals surface area contributed by atoms with Crippen LogP contribution < -0.4 is 5.32 Å². The lowest BCUT2D eigenvalue weighted by Gasteiger charge is -2.27. The molecule has 0 saturated carbocycles. The van der Waals surface area contributed by atoms with Gasteiger partial charge in [-0.3, -0.25) is 9.69 Å². The number of amides is 3. The Labute approximate surface area is 176 Å². The molecule has 1 aliphatic heterocycles. The highest BCUT2D eigenvalue weighted by Crippen LogP contribution is 2.36. The van der Waals surface area contributed by atoms with Crippen molar-refractivity contribution >= 4 is 23.3 Å². The highest BCUT2D eigenvalue weighted by molar-refractivity contribution is 7.13. The van der Waals surface area contributed by atoms with Crippen molar-refractivity contribution in [1.29, 1.82) is 0 Å². The van der Waals surface area contributed by atoms with Crippen LogP contribution in [0.2, 0.25) is 0 Å². The molecule has 0 bridgehead atoms. The van der Waals surface area contributed by atoms with Crippen molar-refractivity contribution in [3.05, 3.63) is 95.2 Å². The number of imide groups is 1. The van der Waals surface area contributed by atoms with Crippen LogP contribution in [-0.2, 0) is 16.9 Å². The van der Waals surface area contributed by atoms with Crippen LogP contribution in [0, 0.1) is 0 Å². The van der Waals surface area contributed by atoms with Crippen molar-refractivity contribution in [2.75, 3.05) is 0 Å². The van der Waals surface area contributed by atoms with Gasteiger partial charge in [-0.05, 0) is 22.6 Å². The summed E-state index contributed by atoms with van der Waals surface area (Å²) in [6.07, 6.45) is 0. The molecule has 0 radical (unpaired) electrons. The first-order valence-corrected chi connectivity index (χ1v) is 10.2. The molecule has 1 saturated heterocycles. The summed E-state index contributed by atoms with van der Waals surface area (Å²) in [5.41, 5.74) is 0.0552. The molecule has 0 unspecified atom stereocenters. The van der Waals surface area contributed by atoms with Gasteiger partial charge in [0, 0.05) is 0 Å². The molecule has 30 heavy (non-hydrogen) atoms. The molecule has 3 amide bonds. The summed E-state index contributed by atoms with van der Waals surface area (Å²) in [6, 6.07) is 21.7. The average molecular weight is 416 g/mol. The Kier molecular flexibility index (Phi) is 4.40. The van der Waals surface area contributed by atoms with E-state index in [-0.39, 0.29) is 18.3 Å². The summed E-state index contributed by atoms with van der Waals surface area (Å²) in [6.45, 7) is -0.107. The Hall–Kier alpha value is -3.78. The molecule has 0 aliphatic carbocycles. The number of rotatable bonds is 5. The van der Waals surface area contributed by atoms with E-state index in [0.29, 0.717) is 17.0 Å². The third kappa shape index (κ3) is 2.89. The summed E-state index contributed by atoms with van der Waals surface area (Å²) >= 11 is 1.47. The highest BCUT2D eigenvalue weighted by Gasteiger charge is 2.53. The lowest BCUT2D eigenvalue weighted by Crippen LogP contribution is -2.45. The number of aromatic nitrogens is 2. The average Bonchev–Trinajstić information content (AvgIpc) is 3.52. The summed E-state index contributed by atoms with van der Waals surface area (Å²) in [5.74, 6) is 0.170. The zero-order valence-electron chi connectivity index (χ0n) is 15.7. The SMILES string of the molecule is O=C1NC(c2ccccc2)(c2ccccc2)C(=O)N1Cc1nnc(-c2cccs2)o1. The molecule has 1 N–H and O–H groups in total. The van der Waals surface area contributed by atoms with Gasteiger partial charge < -0.3 is 9.73 Å². The second-order valence-electron chi connectivity index (χ2n) is 6.78. The van der Waals surface area contributed by atoms with E-state index in [0.717, 1.165) is 9.78 Å². The number of thiophene rings is 1. The predicted octanol–water partition coefficient (Wildman–Crippen LogP) is 3.79. The second kappa shape index (κ2) is 7.23. The van der Waals surface area contributed by atoms with Crippen LogP contribution in [-0.4, -0.2) is 27.0 Å². The normalized spacial score (nSPS) is 15.4. The number of nitrogens with one attached hydrogen (secondary N) is 1. The summed E-state index contributed by atoms with van der Waals surface area (Å²) in [5, 5.41) is 12.9. The molecule has 2 aromatic carbocycles. The van der Waals surface area contributed by atoms with Gasteiger partial charge in [-0.25, -0.2) is 4.79 Å². The van der Waals surface area contributed by atoms with E-state index < -0.39 is 11.6 Å². The van der Waals surface area contributed by atoms with Crippen LogP contribution in [0.15, 0.2) is 82.6 Å². The van der Waals surface area contributed by atoms with Crippen molar-refractivity contribution in [2.24, 2.45) is 0 Å². The van der Waals surface area contributed by atoms with Crippen LogP contribution in [0.25, 0.3) is 10.8 Å². The largest absolute Gasteiger partial charge is 0.418 e. The van der Waals surface area contributed by atoms with E-state index in [1.165, 1.54) is 11.3 Å². The molecule has 0 atom stereocenters. The lowest BCUT2D eigenvalue weighted by molar-refractivity contribution is -0.130. The number of hydrogen-bond donors (Lipinski definition) is 1. The third-order valence-corrected chi connectivity index (χ3v) is 5.87. The van der Waals surface area contributed by atoms with Gasteiger partial charge >= 0.3 is 6.03 Å². The molecule has 0 spiro atoms. The number of benzene rings is 2. The van der Waals surface area contributed by atoms with Gasteiger partial charge in [0.25, 0.3) is 11.8 Å². The van der Waals surface area contributed by atoms with Gasteiger partial charge in [-0.1, -0.05) is 66.7 Å². The number of nitrogens with zero attached hydrogens (tertiary/aromatic N) is 3. The van der Waals surface area contributed by atoms with Crippen LogP contribution in [0.4, 0.5) is 4.79 Å². The van der Waals surface area contributed by atoms with Crippen molar-refractivity contribution in [2.45, 2.75) is 12.1 Å². The summed E-state index contributed by atoms with van der Waals surface area (Å²) < 4.78 is 5.68. The maximum atomic E-state index is 13.6. The molecule has 148 valence electrons. The molecule has 1 fully saturated rings. The number of carbonyl (C=O) groups excluding carboxylic acids is 2. The Bertz CT molecular complexity index is 1150. The van der Waals surface area contributed by atoms with E-state index in [2.05, 4.69) is 15.5 Å². The molecular formula is C22H16N4O3S. The molecule has 5 rings (SSSR count). The topological polar surface area (TPSA) is 88.3 Å². The van der Waals surface area contributed by atoms with Crippen LogP contribution in [0.5, 0.6) is 0 Å². The Balaban J connectivity index is 1.51. The smallest absolute Gasteiger partial charge is 0.326 e. The number of carbonyl (C=O) groups is 2. The number of urea groups is 1. The Morgan fingerprint density at radius 3 is 2.17 bits per heavy atom. The minimum Gasteiger partial charge on any atom is -0.418 e. The van der Waals surface area contributed by atoms with E-state index in [1.807, 2.05) is 78.2 Å². The maximum Gasteiger partial charge on any atom is 0.326 e. The number of hydrogen-bond acceptors (Lipinski definition) is 6. The van der Waals surface area contributed by atoms with Gasteiger partial charge in [0.2, 0.25) is 5.89 Å². The van der Waals surface area contributed by atoms with Gasteiger partial charge in [0.15, 0.2) is 5.54 Å². The zero-order valence-corrected chi connectivity index (χ0v) is 16.5. The first kappa shape index (κ1) is 18.3. The Morgan fingerprint density at radius 2 is 1.57 bits per heavy atom. The van der Waals surface area contributed by atoms with Gasteiger partial charge in [-0.15, -0.1) is 21.5 Å². The van der Waals surface area contributed by atoms with E-state index in [4.69, 9.17) is 4.42 Å². The molecule has 8 heteroatoms. The summed E-state index contributed by atoms with van der Waals surface area (Å²) in [7, 11) is 0. The Morgan fingerprint density at radius 1 is 0.900 bits per heavy atom. The zero-order chi connectivity index (χ0) is 20.6.